The molecule has 0 aliphatic carbocycles. The summed E-state index contributed by atoms with van der Waals surface area (Å²) in [6, 6.07) is 9.61. The van der Waals surface area contributed by atoms with Crippen molar-refractivity contribution in [3.05, 3.63) is 47.2 Å². The lowest BCUT2D eigenvalue weighted by Gasteiger charge is -2.11. The van der Waals surface area contributed by atoms with Gasteiger partial charge in [0, 0.05) is 13.5 Å². The third kappa shape index (κ3) is 4.41. The Labute approximate surface area is 107 Å². The lowest BCUT2D eigenvalue weighted by atomic mass is 10.2. The zero-order valence-corrected chi connectivity index (χ0v) is 10.9. The molecule has 2 N–H and O–H groups in total. The Morgan fingerprint density at radius 1 is 1.06 bits per heavy atom. The number of carbonyl (C=O) groups excluding carboxylic acids is 2. The highest BCUT2D eigenvalue weighted by Crippen LogP contribution is 2.02. The third-order valence-corrected chi connectivity index (χ3v) is 2.32. The number of nitrogens with one attached hydrogen (secondary N) is 2. The maximum absolute atomic E-state index is 11.9. The van der Waals surface area contributed by atoms with E-state index in [0.717, 1.165) is 11.1 Å². The standard InChI is InChI=1S/C14H18N2O2/c1-10(2)13(16-11(3)17)14(18)15-9-12-7-5-4-6-8-12/h4-8H,9H2,1-3H3,(H,15,18)(H,16,17). The number of rotatable bonds is 4. The molecule has 0 radical (unpaired) electrons. The van der Waals surface area contributed by atoms with Crippen molar-refractivity contribution in [2.45, 2.75) is 27.3 Å². The number of hydrogen-bond acceptors (Lipinski definition) is 2. The average molecular weight is 246 g/mol. The lowest BCUT2D eigenvalue weighted by molar-refractivity contribution is -0.122. The van der Waals surface area contributed by atoms with Crippen molar-refractivity contribution in [1.29, 1.82) is 0 Å². The van der Waals surface area contributed by atoms with E-state index in [4.69, 9.17) is 0 Å². The Hall–Kier alpha value is -2.10. The van der Waals surface area contributed by atoms with Crippen LogP contribution in [0.25, 0.3) is 0 Å². The van der Waals surface area contributed by atoms with Gasteiger partial charge < -0.3 is 10.6 Å². The number of amides is 2. The molecule has 1 rings (SSSR count). The molecule has 0 fully saturated rings. The van der Waals surface area contributed by atoms with E-state index >= 15 is 0 Å². The van der Waals surface area contributed by atoms with Gasteiger partial charge in [0.2, 0.25) is 5.91 Å². The highest BCUT2D eigenvalue weighted by atomic mass is 16.2. The molecule has 1 aromatic rings. The Morgan fingerprint density at radius 3 is 2.17 bits per heavy atom. The van der Waals surface area contributed by atoms with Crippen LogP contribution >= 0.6 is 0 Å². The predicted octanol–water partition coefficient (Wildman–Crippen LogP) is 1.73. The summed E-state index contributed by atoms with van der Waals surface area (Å²) in [5.41, 5.74) is 2.11. The molecule has 0 bridgehead atoms. The van der Waals surface area contributed by atoms with Crippen LogP contribution in [0.15, 0.2) is 41.6 Å². The van der Waals surface area contributed by atoms with Gasteiger partial charge in [0.15, 0.2) is 0 Å². The molecule has 0 aliphatic heterocycles. The second kappa shape index (κ2) is 6.59. The van der Waals surface area contributed by atoms with Gasteiger partial charge in [-0.25, -0.2) is 0 Å². The van der Waals surface area contributed by atoms with Crippen molar-refractivity contribution in [1.82, 2.24) is 10.6 Å². The summed E-state index contributed by atoms with van der Waals surface area (Å²) >= 11 is 0. The van der Waals surface area contributed by atoms with Gasteiger partial charge >= 0.3 is 0 Å². The first-order chi connectivity index (χ1) is 8.50. The molecule has 0 heterocycles. The number of hydrogen-bond donors (Lipinski definition) is 2. The smallest absolute Gasteiger partial charge is 0.267 e. The van der Waals surface area contributed by atoms with E-state index in [1.165, 1.54) is 6.92 Å². The number of benzene rings is 1. The van der Waals surface area contributed by atoms with Crippen LogP contribution in [0.1, 0.15) is 26.3 Å². The van der Waals surface area contributed by atoms with Gasteiger partial charge in [0.1, 0.15) is 5.70 Å². The summed E-state index contributed by atoms with van der Waals surface area (Å²) < 4.78 is 0. The summed E-state index contributed by atoms with van der Waals surface area (Å²) in [5, 5.41) is 5.32. The monoisotopic (exact) mass is 246 g/mol. The molecule has 0 aromatic heterocycles. The van der Waals surface area contributed by atoms with Crippen LogP contribution in [0.2, 0.25) is 0 Å². The van der Waals surface area contributed by atoms with Crippen LogP contribution in [0.4, 0.5) is 0 Å². The Kier molecular flexibility index (Phi) is 5.11. The SMILES string of the molecule is CC(=O)NC(C(=O)NCc1ccccc1)=C(C)C. The van der Waals surface area contributed by atoms with Crippen LogP contribution in [0, 0.1) is 0 Å². The maximum Gasteiger partial charge on any atom is 0.267 e. The predicted molar refractivity (Wildman–Crippen MR) is 70.5 cm³/mol. The van der Waals surface area contributed by atoms with Gasteiger partial charge in [-0.05, 0) is 25.0 Å². The molecule has 2 amide bonds. The molecular formula is C14H18N2O2. The summed E-state index contributed by atoms with van der Waals surface area (Å²) in [4.78, 5) is 22.9. The van der Waals surface area contributed by atoms with E-state index in [-0.39, 0.29) is 11.8 Å². The first kappa shape index (κ1) is 14.0. The molecule has 96 valence electrons. The molecule has 18 heavy (non-hydrogen) atoms. The maximum atomic E-state index is 11.9. The summed E-state index contributed by atoms with van der Waals surface area (Å²) in [5.74, 6) is -0.518. The fourth-order valence-corrected chi connectivity index (χ4v) is 1.45. The molecule has 0 saturated heterocycles. The van der Waals surface area contributed by atoms with Gasteiger partial charge in [0.25, 0.3) is 5.91 Å². The average Bonchev–Trinajstić information content (AvgIpc) is 2.34. The quantitative estimate of drug-likeness (QED) is 0.795. The Balaban J connectivity index is 2.64. The van der Waals surface area contributed by atoms with Gasteiger partial charge in [-0.1, -0.05) is 30.3 Å². The van der Waals surface area contributed by atoms with Crippen molar-refractivity contribution in [2.24, 2.45) is 0 Å². The minimum atomic E-state index is -0.269. The second-order valence-electron chi connectivity index (χ2n) is 4.22. The molecule has 4 heteroatoms. The van der Waals surface area contributed by atoms with Crippen molar-refractivity contribution >= 4 is 11.8 Å². The summed E-state index contributed by atoms with van der Waals surface area (Å²) in [6.45, 7) is 5.39. The van der Waals surface area contributed by atoms with Crippen LogP contribution < -0.4 is 10.6 Å². The molecule has 0 atom stereocenters. The molecule has 0 spiro atoms. The van der Waals surface area contributed by atoms with Crippen molar-refractivity contribution in [3.63, 3.8) is 0 Å². The molecule has 4 nitrogen and oxygen atoms in total. The third-order valence-electron chi connectivity index (χ3n) is 2.32. The van der Waals surface area contributed by atoms with E-state index < -0.39 is 0 Å². The number of carbonyl (C=O) groups is 2. The van der Waals surface area contributed by atoms with Gasteiger partial charge in [-0.15, -0.1) is 0 Å². The second-order valence-corrected chi connectivity index (χ2v) is 4.22. The molecular weight excluding hydrogens is 228 g/mol. The summed E-state index contributed by atoms with van der Waals surface area (Å²) in [6.07, 6.45) is 0. The zero-order chi connectivity index (χ0) is 13.5. The highest BCUT2D eigenvalue weighted by Gasteiger charge is 2.11. The molecule has 0 unspecified atom stereocenters. The largest absolute Gasteiger partial charge is 0.347 e. The number of allylic oxidation sites excluding steroid dienone is 1. The van der Waals surface area contributed by atoms with E-state index in [2.05, 4.69) is 10.6 Å². The van der Waals surface area contributed by atoms with E-state index in [9.17, 15) is 9.59 Å². The van der Waals surface area contributed by atoms with Crippen molar-refractivity contribution in [3.8, 4) is 0 Å². The van der Waals surface area contributed by atoms with E-state index in [1.807, 2.05) is 30.3 Å². The molecule has 0 saturated carbocycles. The van der Waals surface area contributed by atoms with Gasteiger partial charge in [0.05, 0.1) is 0 Å². The topological polar surface area (TPSA) is 58.2 Å². The van der Waals surface area contributed by atoms with Crippen molar-refractivity contribution < 1.29 is 9.59 Å². The van der Waals surface area contributed by atoms with Crippen LogP contribution in [0.3, 0.4) is 0 Å². The normalized spacial score (nSPS) is 9.50. The Morgan fingerprint density at radius 2 is 1.67 bits per heavy atom. The van der Waals surface area contributed by atoms with Crippen LogP contribution in [-0.4, -0.2) is 11.8 Å². The van der Waals surface area contributed by atoms with Crippen LogP contribution in [0.5, 0.6) is 0 Å². The van der Waals surface area contributed by atoms with Crippen molar-refractivity contribution in [2.75, 3.05) is 0 Å². The van der Waals surface area contributed by atoms with Crippen LogP contribution in [-0.2, 0) is 16.1 Å². The fourth-order valence-electron chi connectivity index (χ4n) is 1.45. The Bertz CT molecular complexity index is 460. The molecule has 1 aromatic carbocycles. The minimum absolute atomic E-state index is 0.249. The first-order valence-corrected chi connectivity index (χ1v) is 5.78. The van der Waals surface area contributed by atoms with E-state index in [1.54, 1.807) is 13.8 Å². The minimum Gasteiger partial charge on any atom is -0.347 e. The van der Waals surface area contributed by atoms with Gasteiger partial charge in [-0.2, -0.15) is 0 Å². The lowest BCUT2D eigenvalue weighted by Crippen LogP contribution is -2.34. The molecule has 0 aliphatic rings. The summed E-state index contributed by atoms with van der Waals surface area (Å²) in [7, 11) is 0. The van der Waals surface area contributed by atoms with Gasteiger partial charge in [-0.3, -0.25) is 9.59 Å². The zero-order valence-electron chi connectivity index (χ0n) is 10.9. The van der Waals surface area contributed by atoms with E-state index in [0.29, 0.717) is 12.2 Å². The first-order valence-electron chi connectivity index (χ1n) is 5.78. The highest BCUT2D eigenvalue weighted by molar-refractivity contribution is 5.97. The fraction of sp³-hybridized carbons (Fsp3) is 0.286.